The predicted molar refractivity (Wildman–Crippen MR) is 118 cm³/mol. The molecule has 1 saturated heterocycles. The first kappa shape index (κ1) is 20.0. The van der Waals surface area contributed by atoms with Gasteiger partial charge in [-0.3, -0.25) is 0 Å². The number of aryl methyl sites for hydroxylation is 2. The Balaban J connectivity index is 1.53. The minimum Gasteiger partial charge on any atom is -0.361 e. The monoisotopic (exact) mass is 437 g/mol. The lowest BCUT2D eigenvalue weighted by molar-refractivity contribution is 0.376. The maximum Gasteiger partial charge on any atom is 0.241 e. The molecule has 2 aliphatic heterocycles. The summed E-state index contributed by atoms with van der Waals surface area (Å²) in [7, 11) is -3.76. The summed E-state index contributed by atoms with van der Waals surface area (Å²) in [5.41, 5.74) is 4.10. The van der Waals surface area contributed by atoms with Crippen LogP contribution in [0.1, 0.15) is 22.6 Å². The fourth-order valence-electron chi connectivity index (χ4n) is 3.95. The molecule has 1 atom stereocenters. The number of anilines is 1. The number of hydrogen-bond acceptors (Lipinski definition) is 6. The highest BCUT2D eigenvalue weighted by Crippen LogP contribution is 2.42. The fraction of sp³-hybridized carbons (Fsp3) is 0.261. The molecule has 1 unspecified atom stereocenters. The van der Waals surface area contributed by atoms with Gasteiger partial charge in [-0.1, -0.05) is 41.6 Å². The highest BCUT2D eigenvalue weighted by molar-refractivity contribution is 7.89. The van der Waals surface area contributed by atoms with Crippen LogP contribution in [-0.2, 0) is 21.2 Å². The largest absolute Gasteiger partial charge is 0.361 e. The van der Waals surface area contributed by atoms with Gasteiger partial charge in [0.2, 0.25) is 10.0 Å². The van der Waals surface area contributed by atoms with Crippen LogP contribution in [0.4, 0.5) is 5.69 Å². The summed E-state index contributed by atoms with van der Waals surface area (Å²) < 4.78 is 40.2. The summed E-state index contributed by atoms with van der Waals surface area (Å²) in [6.45, 7) is 4.52. The van der Waals surface area contributed by atoms with Gasteiger partial charge in [0.25, 0.3) is 0 Å². The number of nitrogens with one attached hydrogen (secondary N) is 2. The van der Waals surface area contributed by atoms with Gasteiger partial charge in [0.15, 0.2) is 5.72 Å². The van der Waals surface area contributed by atoms with Crippen LogP contribution >= 0.6 is 0 Å². The molecule has 1 aromatic heterocycles. The zero-order valence-corrected chi connectivity index (χ0v) is 18.1. The van der Waals surface area contributed by atoms with Crippen LogP contribution in [0.15, 0.2) is 58.0 Å². The quantitative estimate of drug-likeness (QED) is 0.572. The molecule has 0 radical (unpaired) electrons. The molecule has 5 rings (SSSR count). The Hall–Kier alpha value is -2.94. The van der Waals surface area contributed by atoms with Crippen molar-refractivity contribution in [1.29, 1.82) is 0 Å². The van der Waals surface area contributed by atoms with E-state index in [4.69, 9.17) is 9.26 Å². The highest BCUT2D eigenvalue weighted by Gasteiger charge is 2.45. The van der Waals surface area contributed by atoms with Crippen molar-refractivity contribution in [2.45, 2.75) is 30.9 Å². The third kappa shape index (κ3) is 3.78. The van der Waals surface area contributed by atoms with Crippen molar-refractivity contribution in [1.82, 2.24) is 9.88 Å². The Morgan fingerprint density at radius 1 is 1.19 bits per heavy atom. The lowest BCUT2D eigenvalue weighted by Crippen LogP contribution is -2.29. The van der Waals surface area contributed by atoms with Gasteiger partial charge in [0, 0.05) is 23.4 Å². The number of fused-ring (bicyclic) bond motifs is 1. The van der Waals surface area contributed by atoms with E-state index in [1.54, 1.807) is 6.07 Å². The zero-order valence-electron chi connectivity index (χ0n) is 17.3. The second-order valence-electron chi connectivity index (χ2n) is 7.90. The summed E-state index contributed by atoms with van der Waals surface area (Å²) in [6.07, 6.45) is 4.30. The molecule has 2 aromatic carbocycles. The molecule has 1 spiro atoms. The minimum absolute atomic E-state index is 0.215. The van der Waals surface area contributed by atoms with E-state index in [-0.39, 0.29) is 4.90 Å². The van der Waals surface area contributed by atoms with Crippen LogP contribution in [0, 0.1) is 13.8 Å². The third-order valence-electron chi connectivity index (χ3n) is 5.62. The second kappa shape index (κ2) is 7.33. The number of ether oxygens (including phenoxy) is 1. The van der Waals surface area contributed by atoms with Gasteiger partial charge in [-0.15, -0.1) is 0 Å². The molecule has 3 heterocycles. The number of epoxide rings is 1. The standard InChI is InChI=1S/C23H23N3O4S/c1-15-22(16(2)30-26-15)18-12-20-19(8-10-23(25-20)14-29-23)21(13-18)31(27,28)24-11-9-17-6-4-3-5-7-17/h3-8,10,12-13,24-25H,9,11,14H2,1-2H3. The Labute approximate surface area is 181 Å². The molecule has 1 fully saturated rings. The summed E-state index contributed by atoms with van der Waals surface area (Å²) in [5, 5.41) is 7.35. The minimum atomic E-state index is -3.76. The van der Waals surface area contributed by atoms with Gasteiger partial charge in [-0.05, 0) is 49.6 Å². The van der Waals surface area contributed by atoms with Gasteiger partial charge < -0.3 is 14.6 Å². The Morgan fingerprint density at radius 3 is 2.65 bits per heavy atom. The molecule has 7 nitrogen and oxygen atoms in total. The molecule has 0 aliphatic carbocycles. The first-order valence-corrected chi connectivity index (χ1v) is 11.6. The summed E-state index contributed by atoms with van der Waals surface area (Å²) in [4.78, 5) is 0.215. The van der Waals surface area contributed by atoms with Crippen LogP contribution in [0.3, 0.4) is 0 Å². The van der Waals surface area contributed by atoms with Crippen molar-refractivity contribution < 1.29 is 17.7 Å². The normalized spacial score (nSPS) is 19.3. The molecular formula is C23H23N3O4S. The summed E-state index contributed by atoms with van der Waals surface area (Å²) in [6, 6.07) is 13.4. The molecule has 0 amide bonds. The lowest BCUT2D eigenvalue weighted by Gasteiger charge is -2.23. The molecule has 2 aliphatic rings. The lowest BCUT2D eigenvalue weighted by atomic mass is 9.98. The number of benzene rings is 2. The number of rotatable bonds is 6. The van der Waals surface area contributed by atoms with Crippen molar-refractivity contribution in [2.75, 3.05) is 18.5 Å². The van der Waals surface area contributed by atoms with E-state index >= 15 is 0 Å². The smallest absolute Gasteiger partial charge is 0.241 e. The van der Waals surface area contributed by atoms with Crippen molar-refractivity contribution in [3.63, 3.8) is 0 Å². The molecule has 3 aromatic rings. The number of nitrogens with zero attached hydrogens (tertiary/aromatic N) is 1. The number of hydrogen-bond donors (Lipinski definition) is 2. The van der Waals surface area contributed by atoms with Gasteiger partial charge in [0.05, 0.1) is 10.6 Å². The topological polar surface area (TPSA) is 96.8 Å². The van der Waals surface area contributed by atoms with Crippen LogP contribution in [-0.4, -0.2) is 32.5 Å². The van der Waals surface area contributed by atoms with Gasteiger partial charge in [0.1, 0.15) is 12.4 Å². The van der Waals surface area contributed by atoms with Gasteiger partial charge >= 0.3 is 0 Å². The van der Waals surface area contributed by atoms with E-state index in [1.165, 1.54) is 0 Å². The Bertz CT molecular complexity index is 1260. The van der Waals surface area contributed by atoms with Crippen molar-refractivity contribution in [3.05, 3.63) is 71.1 Å². The zero-order chi connectivity index (χ0) is 21.6. The van der Waals surface area contributed by atoms with E-state index in [0.717, 1.165) is 16.7 Å². The Kier molecular flexibility index (Phi) is 4.73. The summed E-state index contributed by atoms with van der Waals surface area (Å²) >= 11 is 0. The van der Waals surface area contributed by atoms with Crippen LogP contribution in [0.2, 0.25) is 0 Å². The Morgan fingerprint density at radius 2 is 1.97 bits per heavy atom. The van der Waals surface area contributed by atoms with E-state index in [9.17, 15) is 8.42 Å². The van der Waals surface area contributed by atoms with E-state index in [1.807, 2.05) is 62.4 Å². The molecule has 31 heavy (non-hydrogen) atoms. The predicted octanol–water partition coefficient (Wildman–Crippen LogP) is 3.64. The second-order valence-corrected chi connectivity index (χ2v) is 9.64. The van der Waals surface area contributed by atoms with Crippen LogP contribution < -0.4 is 10.0 Å². The SMILES string of the molecule is Cc1noc(C)c1-c1cc2c(c(S(=O)(=O)NCCc3ccccc3)c1)C=CC1(CO1)N2. The van der Waals surface area contributed by atoms with Gasteiger partial charge in [-0.25, -0.2) is 13.1 Å². The molecular weight excluding hydrogens is 414 g/mol. The molecule has 8 heteroatoms. The molecule has 0 bridgehead atoms. The molecule has 160 valence electrons. The first-order valence-electron chi connectivity index (χ1n) is 10.1. The maximum absolute atomic E-state index is 13.3. The van der Waals surface area contributed by atoms with Crippen molar-refractivity contribution >= 4 is 21.8 Å². The molecule has 0 saturated carbocycles. The summed E-state index contributed by atoms with van der Waals surface area (Å²) in [5.74, 6) is 0.640. The molecule has 2 N–H and O–H groups in total. The maximum atomic E-state index is 13.3. The third-order valence-corrected chi connectivity index (χ3v) is 7.12. The van der Waals surface area contributed by atoms with Crippen molar-refractivity contribution in [2.24, 2.45) is 0 Å². The van der Waals surface area contributed by atoms with E-state index in [0.29, 0.717) is 42.3 Å². The average molecular weight is 438 g/mol. The fourth-order valence-corrected chi connectivity index (χ4v) is 5.23. The van der Waals surface area contributed by atoms with Gasteiger partial charge in [-0.2, -0.15) is 0 Å². The van der Waals surface area contributed by atoms with Crippen LogP contribution in [0.5, 0.6) is 0 Å². The van der Waals surface area contributed by atoms with Crippen molar-refractivity contribution in [3.8, 4) is 11.1 Å². The first-order chi connectivity index (χ1) is 14.9. The average Bonchev–Trinajstić information content (AvgIpc) is 3.41. The van der Waals surface area contributed by atoms with E-state index in [2.05, 4.69) is 15.2 Å². The van der Waals surface area contributed by atoms with E-state index < -0.39 is 15.7 Å². The van der Waals surface area contributed by atoms with Crippen LogP contribution in [0.25, 0.3) is 17.2 Å². The highest BCUT2D eigenvalue weighted by atomic mass is 32.2. The number of sulfonamides is 1. The number of aromatic nitrogens is 1.